The Kier molecular flexibility index (Phi) is 3.08. The third-order valence-corrected chi connectivity index (χ3v) is 3.94. The van der Waals surface area contributed by atoms with Crippen LogP contribution in [-0.4, -0.2) is 26.8 Å². The van der Waals surface area contributed by atoms with Crippen molar-refractivity contribution in [2.45, 2.75) is 6.54 Å². The molecule has 0 fully saturated rings. The van der Waals surface area contributed by atoms with Crippen LogP contribution >= 0.6 is 11.3 Å². The number of hydrogen-bond donors (Lipinski definition) is 1. The predicted molar refractivity (Wildman–Crippen MR) is 75.4 cm³/mol. The summed E-state index contributed by atoms with van der Waals surface area (Å²) in [4.78, 5) is 12.1. The summed E-state index contributed by atoms with van der Waals surface area (Å²) >= 11 is 1.65. The first-order chi connectivity index (χ1) is 9.25. The van der Waals surface area contributed by atoms with E-state index in [9.17, 15) is 4.79 Å². The lowest BCUT2D eigenvalue weighted by atomic mass is 10.4. The fourth-order valence-corrected chi connectivity index (χ4v) is 2.92. The molecule has 3 aromatic rings. The molecule has 0 spiro atoms. The van der Waals surface area contributed by atoms with Gasteiger partial charge in [0.05, 0.1) is 16.8 Å². The molecular formula is C13H14N4OS. The molecule has 6 heteroatoms. The molecule has 0 saturated carbocycles. The Hall–Kier alpha value is -2.08. The third-order valence-electron chi connectivity index (χ3n) is 3.08. The minimum Gasteiger partial charge on any atom is -0.349 e. The fourth-order valence-electron chi connectivity index (χ4n) is 2.08. The topological polar surface area (TPSA) is 51.9 Å². The zero-order chi connectivity index (χ0) is 13.2. The van der Waals surface area contributed by atoms with Gasteiger partial charge in [-0.05, 0) is 23.6 Å². The van der Waals surface area contributed by atoms with Gasteiger partial charge in [0.15, 0.2) is 0 Å². The third kappa shape index (κ3) is 2.26. The second-order valence-electron chi connectivity index (χ2n) is 4.28. The summed E-state index contributed by atoms with van der Waals surface area (Å²) in [5.74, 6) is -0.0435. The zero-order valence-corrected chi connectivity index (χ0v) is 11.4. The number of aromatic nitrogens is 3. The van der Waals surface area contributed by atoms with Crippen molar-refractivity contribution in [3.05, 3.63) is 41.7 Å². The monoisotopic (exact) mass is 274 g/mol. The standard InChI is InChI=1S/C13H14N4OS/c1-16-10-3-8-19-12(10)9-11(16)13(18)14-5-7-17-6-2-4-15-17/h2-4,6,8-9H,5,7H2,1H3,(H,14,18). The van der Waals surface area contributed by atoms with E-state index < -0.39 is 0 Å². The molecule has 19 heavy (non-hydrogen) atoms. The second-order valence-corrected chi connectivity index (χ2v) is 5.23. The molecule has 0 aliphatic heterocycles. The number of nitrogens with one attached hydrogen (secondary N) is 1. The first-order valence-electron chi connectivity index (χ1n) is 6.04. The van der Waals surface area contributed by atoms with Gasteiger partial charge in [0.2, 0.25) is 0 Å². The van der Waals surface area contributed by atoms with Gasteiger partial charge in [-0.25, -0.2) is 0 Å². The number of thiophene rings is 1. The molecule has 5 nitrogen and oxygen atoms in total. The molecule has 3 heterocycles. The van der Waals surface area contributed by atoms with E-state index in [1.807, 2.05) is 41.4 Å². The molecular weight excluding hydrogens is 260 g/mol. The Morgan fingerprint density at radius 1 is 1.53 bits per heavy atom. The second kappa shape index (κ2) is 4.89. The van der Waals surface area contributed by atoms with Crippen LogP contribution in [0.4, 0.5) is 0 Å². The van der Waals surface area contributed by atoms with Crippen molar-refractivity contribution in [3.63, 3.8) is 0 Å². The maximum atomic E-state index is 12.1. The van der Waals surface area contributed by atoms with Crippen LogP contribution in [0.5, 0.6) is 0 Å². The number of hydrogen-bond acceptors (Lipinski definition) is 3. The molecule has 1 amide bonds. The van der Waals surface area contributed by atoms with Gasteiger partial charge >= 0.3 is 0 Å². The Bertz CT molecular complexity index is 695. The van der Waals surface area contributed by atoms with E-state index in [1.54, 1.807) is 22.2 Å². The molecule has 0 aromatic carbocycles. The van der Waals surface area contributed by atoms with Gasteiger partial charge in [0, 0.05) is 26.0 Å². The Morgan fingerprint density at radius 3 is 3.16 bits per heavy atom. The van der Waals surface area contributed by atoms with Crippen molar-refractivity contribution in [1.29, 1.82) is 0 Å². The quantitative estimate of drug-likeness (QED) is 0.789. The number of rotatable bonds is 4. The Labute approximate surface area is 114 Å². The summed E-state index contributed by atoms with van der Waals surface area (Å²) in [6.07, 6.45) is 3.61. The number of amides is 1. The van der Waals surface area contributed by atoms with Crippen molar-refractivity contribution in [2.75, 3.05) is 6.54 Å². The summed E-state index contributed by atoms with van der Waals surface area (Å²) in [6.45, 7) is 1.25. The molecule has 0 aliphatic rings. The largest absolute Gasteiger partial charge is 0.349 e. The van der Waals surface area contributed by atoms with Crippen molar-refractivity contribution in [1.82, 2.24) is 19.7 Å². The Balaban J connectivity index is 1.66. The summed E-state index contributed by atoms with van der Waals surface area (Å²) in [5.41, 5.74) is 1.80. The molecule has 3 aromatic heterocycles. The molecule has 0 unspecified atom stereocenters. The summed E-state index contributed by atoms with van der Waals surface area (Å²) in [6, 6.07) is 5.83. The van der Waals surface area contributed by atoms with Crippen LogP contribution in [0.1, 0.15) is 10.5 Å². The van der Waals surface area contributed by atoms with Crippen LogP contribution in [0.3, 0.4) is 0 Å². The maximum absolute atomic E-state index is 12.1. The Morgan fingerprint density at radius 2 is 2.42 bits per heavy atom. The fraction of sp³-hybridized carbons (Fsp3) is 0.231. The molecule has 0 bridgehead atoms. The molecule has 0 atom stereocenters. The predicted octanol–water partition coefficient (Wildman–Crippen LogP) is 1.87. The van der Waals surface area contributed by atoms with Crippen molar-refractivity contribution < 1.29 is 4.79 Å². The van der Waals surface area contributed by atoms with Crippen molar-refractivity contribution in [2.24, 2.45) is 7.05 Å². The van der Waals surface area contributed by atoms with E-state index in [1.165, 1.54) is 0 Å². The molecule has 0 aliphatic carbocycles. The molecule has 0 saturated heterocycles. The van der Waals surface area contributed by atoms with Crippen LogP contribution in [0.25, 0.3) is 10.2 Å². The van der Waals surface area contributed by atoms with Crippen LogP contribution in [0.15, 0.2) is 36.0 Å². The van der Waals surface area contributed by atoms with Gasteiger partial charge in [-0.2, -0.15) is 5.10 Å². The summed E-state index contributed by atoms with van der Waals surface area (Å²) < 4.78 is 4.86. The van der Waals surface area contributed by atoms with E-state index in [-0.39, 0.29) is 5.91 Å². The highest BCUT2D eigenvalue weighted by atomic mass is 32.1. The lowest BCUT2D eigenvalue weighted by Crippen LogP contribution is -2.28. The van der Waals surface area contributed by atoms with Crippen LogP contribution in [0.2, 0.25) is 0 Å². The zero-order valence-electron chi connectivity index (χ0n) is 10.5. The van der Waals surface area contributed by atoms with Crippen molar-refractivity contribution in [3.8, 4) is 0 Å². The van der Waals surface area contributed by atoms with Gasteiger partial charge < -0.3 is 9.88 Å². The molecule has 0 radical (unpaired) electrons. The van der Waals surface area contributed by atoms with Gasteiger partial charge in [0.1, 0.15) is 5.69 Å². The number of aryl methyl sites for hydroxylation is 1. The summed E-state index contributed by atoms with van der Waals surface area (Å²) in [7, 11) is 1.91. The van der Waals surface area contributed by atoms with E-state index in [0.717, 1.165) is 10.2 Å². The average molecular weight is 274 g/mol. The van der Waals surface area contributed by atoms with E-state index in [0.29, 0.717) is 18.8 Å². The smallest absolute Gasteiger partial charge is 0.268 e. The summed E-state index contributed by atoms with van der Waals surface area (Å²) in [5, 5.41) is 9.04. The SMILES string of the molecule is Cn1c(C(=O)NCCn2cccn2)cc2sccc21. The lowest BCUT2D eigenvalue weighted by molar-refractivity contribution is 0.0944. The minimum absolute atomic E-state index is 0.0435. The highest BCUT2D eigenvalue weighted by Crippen LogP contribution is 2.23. The van der Waals surface area contributed by atoms with E-state index in [4.69, 9.17) is 0 Å². The van der Waals surface area contributed by atoms with Gasteiger partial charge in [-0.3, -0.25) is 9.48 Å². The van der Waals surface area contributed by atoms with Gasteiger partial charge in [-0.15, -0.1) is 11.3 Å². The number of carbonyl (C=O) groups excluding carboxylic acids is 1. The average Bonchev–Trinajstić information content (AvgIpc) is 3.09. The first-order valence-corrected chi connectivity index (χ1v) is 6.92. The lowest BCUT2D eigenvalue weighted by Gasteiger charge is -2.06. The highest BCUT2D eigenvalue weighted by Gasteiger charge is 2.13. The van der Waals surface area contributed by atoms with Gasteiger partial charge in [0.25, 0.3) is 5.91 Å². The molecule has 1 N–H and O–H groups in total. The minimum atomic E-state index is -0.0435. The van der Waals surface area contributed by atoms with Crippen molar-refractivity contribution >= 4 is 27.5 Å². The maximum Gasteiger partial charge on any atom is 0.268 e. The van der Waals surface area contributed by atoms with Gasteiger partial charge in [-0.1, -0.05) is 0 Å². The normalized spacial score (nSPS) is 11.0. The number of carbonyl (C=O) groups is 1. The first kappa shape index (κ1) is 12.0. The van der Waals surface area contributed by atoms with Crippen LogP contribution < -0.4 is 5.32 Å². The van der Waals surface area contributed by atoms with Crippen LogP contribution in [-0.2, 0) is 13.6 Å². The highest BCUT2D eigenvalue weighted by molar-refractivity contribution is 7.17. The van der Waals surface area contributed by atoms with E-state index in [2.05, 4.69) is 10.4 Å². The molecule has 3 rings (SSSR count). The molecule has 98 valence electrons. The van der Waals surface area contributed by atoms with E-state index >= 15 is 0 Å². The number of nitrogens with zero attached hydrogens (tertiary/aromatic N) is 3. The van der Waals surface area contributed by atoms with Crippen LogP contribution in [0, 0.1) is 0 Å². The number of fused-ring (bicyclic) bond motifs is 1.